The van der Waals surface area contributed by atoms with Gasteiger partial charge in [0.2, 0.25) is 5.89 Å². The number of rotatable bonds is 6. The molecule has 0 spiro atoms. The molecule has 0 saturated heterocycles. The largest absolute Gasteiger partial charge is 0.419 e. The first-order valence-electron chi connectivity index (χ1n) is 6.68. The van der Waals surface area contributed by atoms with Gasteiger partial charge < -0.3 is 9.73 Å². The van der Waals surface area contributed by atoms with Crippen molar-refractivity contribution in [3.05, 3.63) is 34.4 Å². The zero-order valence-electron chi connectivity index (χ0n) is 11.5. The molecule has 4 nitrogen and oxygen atoms in total. The van der Waals surface area contributed by atoms with E-state index in [1.807, 2.05) is 6.92 Å². The van der Waals surface area contributed by atoms with Gasteiger partial charge in [-0.2, -0.15) is 0 Å². The van der Waals surface area contributed by atoms with E-state index in [-0.39, 0.29) is 17.7 Å². The molecule has 1 N–H and O–H groups in total. The van der Waals surface area contributed by atoms with Crippen LogP contribution in [-0.4, -0.2) is 16.7 Å². The molecular weight excluding hydrogens is 325 g/mol. The Hall–Kier alpha value is -1.27. The molecule has 2 rings (SSSR count). The Morgan fingerprint density at radius 2 is 2.15 bits per heavy atom. The molecule has 1 unspecified atom stereocenters. The van der Waals surface area contributed by atoms with Crippen molar-refractivity contribution in [3.63, 3.8) is 0 Å². The van der Waals surface area contributed by atoms with E-state index in [1.165, 1.54) is 6.07 Å². The molecule has 1 heterocycles. The minimum atomic E-state index is -0.385. The van der Waals surface area contributed by atoms with Crippen molar-refractivity contribution < 1.29 is 8.81 Å². The van der Waals surface area contributed by atoms with Gasteiger partial charge in [-0.1, -0.05) is 19.9 Å². The molecule has 0 fully saturated rings. The van der Waals surface area contributed by atoms with E-state index in [0.717, 1.165) is 19.4 Å². The molecule has 1 atom stereocenters. The Labute approximate surface area is 125 Å². The number of hydrogen-bond donors (Lipinski definition) is 1. The molecule has 0 radical (unpaired) electrons. The lowest BCUT2D eigenvalue weighted by Gasteiger charge is -2.11. The number of nitrogens with one attached hydrogen (secondary N) is 1. The third-order valence-corrected chi connectivity index (χ3v) is 3.63. The van der Waals surface area contributed by atoms with Gasteiger partial charge in [-0.3, -0.25) is 0 Å². The van der Waals surface area contributed by atoms with E-state index >= 15 is 0 Å². The normalized spacial score (nSPS) is 12.6. The quantitative estimate of drug-likeness (QED) is 0.859. The van der Waals surface area contributed by atoms with Crippen LogP contribution < -0.4 is 5.32 Å². The van der Waals surface area contributed by atoms with Crippen LogP contribution in [0.15, 0.2) is 27.1 Å². The summed E-state index contributed by atoms with van der Waals surface area (Å²) in [6, 6.07) is 4.74. The summed E-state index contributed by atoms with van der Waals surface area (Å²) >= 11 is 3.31. The highest BCUT2D eigenvalue weighted by atomic mass is 79.9. The second-order valence-electron chi connectivity index (χ2n) is 4.46. The maximum atomic E-state index is 13.9. The number of benzene rings is 1. The molecule has 0 aliphatic heterocycles. The average molecular weight is 342 g/mol. The smallest absolute Gasteiger partial charge is 0.251 e. The lowest BCUT2D eigenvalue weighted by atomic mass is 10.2. The first kappa shape index (κ1) is 15.1. The van der Waals surface area contributed by atoms with Crippen molar-refractivity contribution in [1.82, 2.24) is 15.5 Å². The van der Waals surface area contributed by atoms with Gasteiger partial charge in [0.05, 0.1) is 11.6 Å². The number of nitrogens with zero attached hydrogens (tertiary/aromatic N) is 2. The lowest BCUT2D eigenvalue weighted by molar-refractivity contribution is 0.395. The molecule has 0 aliphatic rings. The second-order valence-corrected chi connectivity index (χ2v) is 5.31. The third kappa shape index (κ3) is 3.24. The van der Waals surface area contributed by atoms with Crippen molar-refractivity contribution >= 4 is 15.9 Å². The van der Waals surface area contributed by atoms with Crippen molar-refractivity contribution in [2.45, 2.75) is 32.7 Å². The topological polar surface area (TPSA) is 51.0 Å². The predicted octanol–water partition coefficient (Wildman–Crippen LogP) is 4.09. The molecule has 1 aromatic heterocycles. The maximum Gasteiger partial charge on any atom is 0.251 e. The Kier molecular flexibility index (Phi) is 5.25. The Bertz CT molecular complexity index is 553. The van der Waals surface area contributed by atoms with E-state index in [2.05, 4.69) is 38.4 Å². The summed E-state index contributed by atoms with van der Waals surface area (Å²) in [7, 11) is 0. The highest BCUT2D eigenvalue weighted by Crippen LogP contribution is 2.30. The first-order chi connectivity index (χ1) is 9.67. The van der Waals surface area contributed by atoms with Gasteiger partial charge in [-0.25, -0.2) is 4.39 Å². The van der Waals surface area contributed by atoms with Crippen LogP contribution in [0.5, 0.6) is 0 Å². The molecule has 0 amide bonds. The summed E-state index contributed by atoms with van der Waals surface area (Å²) in [6.07, 6.45) is 1.86. The second kappa shape index (κ2) is 6.95. The first-order valence-corrected chi connectivity index (χ1v) is 7.47. The molecule has 2 aromatic rings. The molecule has 1 aromatic carbocycles. The minimum absolute atomic E-state index is 0.00162. The molecule has 6 heteroatoms. The Morgan fingerprint density at radius 1 is 1.35 bits per heavy atom. The zero-order chi connectivity index (χ0) is 14.5. The predicted molar refractivity (Wildman–Crippen MR) is 78.7 cm³/mol. The molecule has 0 saturated carbocycles. The third-order valence-electron chi connectivity index (χ3n) is 2.96. The minimum Gasteiger partial charge on any atom is -0.419 e. The monoisotopic (exact) mass is 341 g/mol. The lowest BCUT2D eigenvalue weighted by Crippen LogP contribution is -2.21. The van der Waals surface area contributed by atoms with Crippen molar-refractivity contribution in [3.8, 4) is 11.5 Å². The van der Waals surface area contributed by atoms with Crippen molar-refractivity contribution in [2.75, 3.05) is 6.54 Å². The number of halogens is 2. The van der Waals surface area contributed by atoms with Crippen LogP contribution in [0.1, 0.15) is 38.6 Å². The number of hydrogen-bond acceptors (Lipinski definition) is 4. The van der Waals surface area contributed by atoms with Gasteiger partial charge in [0.1, 0.15) is 5.82 Å². The molecular formula is C14H17BrFN3O. The van der Waals surface area contributed by atoms with Crippen LogP contribution in [-0.2, 0) is 0 Å². The number of aromatic nitrogens is 2. The Balaban J connectivity index is 2.28. The van der Waals surface area contributed by atoms with Crippen LogP contribution in [0.25, 0.3) is 11.5 Å². The van der Waals surface area contributed by atoms with Gasteiger partial charge in [0.15, 0.2) is 0 Å². The van der Waals surface area contributed by atoms with Crippen molar-refractivity contribution in [2.24, 2.45) is 0 Å². The molecule has 0 aliphatic carbocycles. The van der Waals surface area contributed by atoms with Crippen LogP contribution in [0.2, 0.25) is 0 Å². The summed E-state index contributed by atoms with van der Waals surface area (Å²) in [5.41, 5.74) is 0.302. The van der Waals surface area contributed by atoms with E-state index < -0.39 is 0 Å². The molecule has 20 heavy (non-hydrogen) atoms. The summed E-state index contributed by atoms with van der Waals surface area (Å²) in [6.45, 7) is 5.01. The molecule has 108 valence electrons. The van der Waals surface area contributed by atoms with Crippen LogP contribution in [0, 0.1) is 5.82 Å². The van der Waals surface area contributed by atoms with Gasteiger partial charge in [-0.15, -0.1) is 10.2 Å². The summed E-state index contributed by atoms with van der Waals surface area (Å²) in [4.78, 5) is 0. The van der Waals surface area contributed by atoms with Gasteiger partial charge in [0.25, 0.3) is 5.89 Å². The van der Waals surface area contributed by atoms with Gasteiger partial charge in [-0.05, 0) is 47.4 Å². The zero-order valence-corrected chi connectivity index (χ0v) is 13.1. The fourth-order valence-electron chi connectivity index (χ4n) is 1.90. The van der Waals surface area contributed by atoms with Gasteiger partial charge >= 0.3 is 0 Å². The Morgan fingerprint density at radius 3 is 2.80 bits per heavy atom. The summed E-state index contributed by atoms with van der Waals surface area (Å²) in [5, 5.41) is 11.3. The highest BCUT2D eigenvalue weighted by molar-refractivity contribution is 9.10. The average Bonchev–Trinajstić information content (AvgIpc) is 2.89. The standard InChI is InChI=1S/C14H17BrFN3O/c1-3-8-17-11(4-2)13-18-19-14(20-13)12-9(15)6-5-7-10(12)16/h5-7,11,17H,3-4,8H2,1-2H3. The highest BCUT2D eigenvalue weighted by Gasteiger charge is 2.20. The summed E-state index contributed by atoms with van der Waals surface area (Å²) in [5.74, 6) is 0.303. The fraction of sp³-hybridized carbons (Fsp3) is 0.429. The SMILES string of the molecule is CCCNC(CC)c1nnc(-c2c(F)cccc2Br)o1. The van der Waals surface area contributed by atoms with Crippen LogP contribution in [0.4, 0.5) is 4.39 Å². The fourth-order valence-corrected chi connectivity index (χ4v) is 2.41. The van der Waals surface area contributed by atoms with Gasteiger partial charge in [0, 0.05) is 4.47 Å². The summed E-state index contributed by atoms with van der Waals surface area (Å²) < 4.78 is 20.1. The van der Waals surface area contributed by atoms with E-state index in [9.17, 15) is 4.39 Å². The maximum absolute atomic E-state index is 13.9. The van der Waals surface area contributed by atoms with Crippen molar-refractivity contribution in [1.29, 1.82) is 0 Å². The molecule has 0 bridgehead atoms. The van der Waals surface area contributed by atoms with Crippen LogP contribution in [0.3, 0.4) is 0 Å². The van der Waals surface area contributed by atoms with E-state index in [1.54, 1.807) is 12.1 Å². The van der Waals surface area contributed by atoms with Crippen LogP contribution >= 0.6 is 15.9 Å². The van der Waals surface area contributed by atoms with E-state index in [0.29, 0.717) is 15.9 Å². The van der Waals surface area contributed by atoms with E-state index in [4.69, 9.17) is 4.42 Å².